The van der Waals surface area contributed by atoms with Crippen molar-refractivity contribution >= 4 is 0 Å². The molecule has 0 fully saturated rings. The van der Waals surface area contributed by atoms with Gasteiger partial charge in [-0.2, -0.15) is 0 Å². The maximum Gasteiger partial charge on any atom is 0.0431 e. The second kappa shape index (κ2) is 4.24. The van der Waals surface area contributed by atoms with Gasteiger partial charge in [-0.1, -0.05) is 23.8 Å². The smallest absolute Gasteiger partial charge is 0.0431 e. The summed E-state index contributed by atoms with van der Waals surface area (Å²) in [5.74, 6) is 0. The van der Waals surface area contributed by atoms with Crippen molar-refractivity contribution < 1.29 is 0 Å². The predicted molar refractivity (Wildman–Crippen MR) is 51.8 cm³/mol. The molecule has 0 heterocycles. The Labute approximate surface area is 73.8 Å². The van der Waals surface area contributed by atoms with Gasteiger partial charge in [0.15, 0.2) is 0 Å². The molecule has 0 aliphatic carbocycles. The first-order chi connectivity index (χ1) is 5.74. The molecule has 66 valence electrons. The van der Waals surface area contributed by atoms with E-state index in [9.17, 15) is 0 Å². The highest BCUT2D eigenvalue weighted by molar-refractivity contribution is 5.30. The van der Waals surface area contributed by atoms with Crippen LogP contribution in [0.1, 0.15) is 16.7 Å². The van der Waals surface area contributed by atoms with Gasteiger partial charge in [0.2, 0.25) is 0 Å². The Morgan fingerprint density at radius 3 is 2.75 bits per heavy atom. The normalized spacial score (nSPS) is 10.2. The third kappa shape index (κ3) is 2.32. The molecule has 3 N–H and O–H groups in total. The van der Waals surface area contributed by atoms with Crippen molar-refractivity contribution in [2.45, 2.75) is 20.4 Å². The van der Waals surface area contributed by atoms with E-state index in [-0.39, 0.29) is 0 Å². The van der Waals surface area contributed by atoms with Gasteiger partial charge in [0.05, 0.1) is 0 Å². The molecule has 1 aromatic rings. The van der Waals surface area contributed by atoms with Crippen LogP contribution in [0.15, 0.2) is 18.2 Å². The molecule has 0 atom stereocenters. The second-order valence-electron chi connectivity index (χ2n) is 3.06. The van der Waals surface area contributed by atoms with Gasteiger partial charge in [-0.25, -0.2) is 0 Å². The molecule has 0 unspecified atom stereocenters. The van der Waals surface area contributed by atoms with Gasteiger partial charge in [0, 0.05) is 13.2 Å². The molecule has 0 spiro atoms. The van der Waals surface area contributed by atoms with Crippen LogP contribution in [0.2, 0.25) is 0 Å². The first kappa shape index (κ1) is 9.23. The van der Waals surface area contributed by atoms with Gasteiger partial charge in [-0.3, -0.25) is 0 Å². The van der Waals surface area contributed by atoms with E-state index in [1.54, 1.807) is 0 Å². The summed E-state index contributed by atoms with van der Waals surface area (Å²) in [6, 6.07) is 6.46. The minimum Gasteiger partial charge on any atom is -0.318 e. The number of rotatable bonds is 3. The molecule has 0 aliphatic rings. The highest BCUT2D eigenvalue weighted by atomic mass is 14.9. The van der Waals surface area contributed by atoms with E-state index < -0.39 is 0 Å². The van der Waals surface area contributed by atoms with Gasteiger partial charge in [0.25, 0.3) is 0 Å². The molecule has 0 radical (unpaired) electrons. The van der Waals surface area contributed by atoms with Crippen LogP contribution in [0.4, 0.5) is 0 Å². The lowest BCUT2D eigenvalue weighted by Gasteiger charge is -2.06. The molecular weight excluding hydrogens is 148 g/mol. The van der Waals surface area contributed by atoms with Gasteiger partial charge in [-0.05, 0) is 25.0 Å². The monoisotopic (exact) mass is 164 g/mol. The number of nitrogens with one attached hydrogen (secondary N) is 1. The van der Waals surface area contributed by atoms with Crippen molar-refractivity contribution in [3.05, 3.63) is 34.9 Å². The fourth-order valence-corrected chi connectivity index (χ4v) is 1.20. The van der Waals surface area contributed by atoms with E-state index in [0.717, 1.165) is 6.54 Å². The van der Waals surface area contributed by atoms with E-state index in [2.05, 4.69) is 37.4 Å². The Morgan fingerprint density at radius 2 is 2.08 bits per heavy atom. The fraction of sp³-hybridized carbons (Fsp3) is 0.400. The Hall–Kier alpha value is -0.860. The molecule has 0 aliphatic heterocycles. The summed E-state index contributed by atoms with van der Waals surface area (Å²) in [6.07, 6.45) is 0. The van der Waals surface area contributed by atoms with Crippen LogP contribution in [-0.4, -0.2) is 6.67 Å². The van der Waals surface area contributed by atoms with Crippen LogP contribution in [0, 0.1) is 13.8 Å². The van der Waals surface area contributed by atoms with Crippen molar-refractivity contribution in [3.63, 3.8) is 0 Å². The van der Waals surface area contributed by atoms with Crippen LogP contribution in [0.25, 0.3) is 0 Å². The maximum absolute atomic E-state index is 5.35. The standard InChI is InChI=1S/C10H16N2/c1-8-3-4-9(2)10(5-8)6-12-7-11/h3-5,12H,6-7,11H2,1-2H3. The van der Waals surface area contributed by atoms with Gasteiger partial charge in [-0.15, -0.1) is 0 Å². The summed E-state index contributed by atoms with van der Waals surface area (Å²) >= 11 is 0. The molecular formula is C10H16N2. The van der Waals surface area contributed by atoms with Crippen molar-refractivity contribution in [2.75, 3.05) is 6.67 Å². The Morgan fingerprint density at radius 1 is 1.33 bits per heavy atom. The van der Waals surface area contributed by atoms with Crippen LogP contribution in [0.5, 0.6) is 0 Å². The SMILES string of the molecule is Cc1ccc(C)c(CNCN)c1. The zero-order valence-corrected chi connectivity index (χ0v) is 7.72. The number of benzene rings is 1. The van der Waals surface area contributed by atoms with Crippen LogP contribution in [0.3, 0.4) is 0 Å². The summed E-state index contributed by atoms with van der Waals surface area (Å²) in [5.41, 5.74) is 9.31. The molecule has 0 saturated heterocycles. The lowest BCUT2D eigenvalue weighted by molar-refractivity contribution is 0.706. The van der Waals surface area contributed by atoms with Crippen molar-refractivity contribution in [2.24, 2.45) is 5.73 Å². The lowest BCUT2D eigenvalue weighted by Crippen LogP contribution is -2.21. The number of hydrogen-bond donors (Lipinski definition) is 2. The molecule has 0 amide bonds. The molecule has 1 rings (SSSR count). The van der Waals surface area contributed by atoms with E-state index in [1.807, 2.05) is 0 Å². The molecule has 12 heavy (non-hydrogen) atoms. The van der Waals surface area contributed by atoms with E-state index in [4.69, 9.17) is 5.73 Å². The second-order valence-corrected chi connectivity index (χ2v) is 3.06. The molecule has 0 aromatic heterocycles. The Balaban J connectivity index is 2.75. The zero-order valence-electron chi connectivity index (χ0n) is 7.72. The van der Waals surface area contributed by atoms with E-state index in [0.29, 0.717) is 6.67 Å². The molecule has 2 nitrogen and oxygen atoms in total. The summed E-state index contributed by atoms with van der Waals surface area (Å²) in [6.45, 7) is 5.62. The molecule has 1 aromatic carbocycles. The van der Waals surface area contributed by atoms with E-state index in [1.165, 1.54) is 16.7 Å². The van der Waals surface area contributed by atoms with Crippen molar-refractivity contribution in [1.29, 1.82) is 0 Å². The van der Waals surface area contributed by atoms with Crippen LogP contribution < -0.4 is 11.1 Å². The number of hydrogen-bond acceptors (Lipinski definition) is 2. The van der Waals surface area contributed by atoms with Crippen LogP contribution in [-0.2, 0) is 6.54 Å². The topological polar surface area (TPSA) is 38.0 Å². The summed E-state index contributed by atoms with van der Waals surface area (Å²) in [4.78, 5) is 0. The summed E-state index contributed by atoms with van der Waals surface area (Å²) in [5, 5.41) is 3.11. The first-order valence-corrected chi connectivity index (χ1v) is 4.21. The van der Waals surface area contributed by atoms with Crippen molar-refractivity contribution in [3.8, 4) is 0 Å². The number of nitrogens with two attached hydrogens (primary N) is 1. The average molecular weight is 164 g/mol. The van der Waals surface area contributed by atoms with Gasteiger partial charge in [0.1, 0.15) is 0 Å². The van der Waals surface area contributed by atoms with E-state index >= 15 is 0 Å². The van der Waals surface area contributed by atoms with Gasteiger partial charge >= 0.3 is 0 Å². The third-order valence-corrected chi connectivity index (χ3v) is 1.96. The predicted octanol–water partition coefficient (Wildman–Crippen LogP) is 1.31. The zero-order chi connectivity index (χ0) is 8.97. The molecule has 0 bridgehead atoms. The summed E-state index contributed by atoms with van der Waals surface area (Å²) in [7, 11) is 0. The Kier molecular flexibility index (Phi) is 3.26. The largest absolute Gasteiger partial charge is 0.318 e. The highest BCUT2D eigenvalue weighted by Crippen LogP contribution is 2.09. The fourth-order valence-electron chi connectivity index (χ4n) is 1.20. The molecule has 2 heteroatoms. The minimum absolute atomic E-state index is 0.535. The maximum atomic E-state index is 5.35. The van der Waals surface area contributed by atoms with Crippen molar-refractivity contribution in [1.82, 2.24) is 5.32 Å². The third-order valence-electron chi connectivity index (χ3n) is 1.96. The summed E-state index contributed by atoms with van der Waals surface area (Å²) < 4.78 is 0. The quantitative estimate of drug-likeness (QED) is 0.661. The molecule has 0 saturated carbocycles. The first-order valence-electron chi connectivity index (χ1n) is 4.21. The van der Waals surface area contributed by atoms with Crippen LogP contribution >= 0.6 is 0 Å². The highest BCUT2D eigenvalue weighted by Gasteiger charge is 1.96. The minimum atomic E-state index is 0.535. The average Bonchev–Trinajstić information content (AvgIpc) is 2.07. The number of aryl methyl sites for hydroxylation is 2. The lowest BCUT2D eigenvalue weighted by atomic mass is 10.1. The Bertz CT molecular complexity index is 256. The van der Waals surface area contributed by atoms with Gasteiger partial charge < -0.3 is 11.1 Å².